The third-order valence-electron chi connectivity index (χ3n) is 3.54. The Bertz CT molecular complexity index is 1040. The van der Waals surface area contributed by atoms with Crippen molar-refractivity contribution in [2.75, 3.05) is 4.72 Å². The van der Waals surface area contributed by atoms with Gasteiger partial charge in [-0.25, -0.2) is 13.4 Å². The van der Waals surface area contributed by atoms with E-state index < -0.39 is 10.0 Å². The molecule has 2 heterocycles. The van der Waals surface area contributed by atoms with Crippen molar-refractivity contribution in [1.29, 1.82) is 0 Å². The van der Waals surface area contributed by atoms with Gasteiger partial charge in [0.2, 0.25) is 0 Å². The predicted octanol–water partition coefficient (Wildman–Crippen LogP) is 1.25. The van der Waals surface area contributed by atoms with Gasteiger partial charge < -0.3 is 4.98 Å². The highest BCUT2D eigenvalue weighted by molar-refractivity contribution is 7.92. The quantitative estimate of drug-likeness (QED) is 0.746. The molecule has 23 heavy (non-hydrogen) atoms. The molecule has 0 saturated heterocycles. The fourth-order valence-electron chi connectivity index (χ4n) is 2.35. The lowest BCUT2D eigenvalue weighted by atomic mass is 10.2. The predicted molar refractivity (Wildman–Crippen MR) is 85.8 cm³/mol. The maximum absolute atomic E-state index is 12.5. The van der Waals surface area contributed by atoms with Crippen molar-refractivity contribution in [2.45, 2.75) is 25.3 Å². The van der Waals surface area contributed by atoms with E-state index >= 15 is 0 Å². The van der Waals surface area contributed by atoms with E-state index in [9.17, 15) is 13.2 Å². The third-order valence-corrected chi connectivity index (χ3v) is 5.02. The van der Waals surface area contributed by atoms with Gasteiger partial charge in [0.05, 0.1) is 29.1 Å². The van der Waals surface area contributed by atoms with E-state index in [0.29, 0.717) is 28.8 Å². The Morgan fingerprint density at radius 1 is 1.35 bits per heavy atom. The first-order valence-corrected chi connectivity index (χ1v) is 8.43. The maximum Gasteiger partial charge on any atom is 0.265 e. The number of anilines is 1. The fraction of sp³-hybridized carbons (Fsp3) is 0.214. The highest BCUT2D eigenvalue weighted by atomic mass is 32.2. The summed E-state index contributed by atoms with van der Waals surface area (Å²) in [4.78, 5) is 18.4. The van der Waals surface area contributed by atoms with E-state index in [0.717, 1.165) is 0 Å². The van der Waals surface area contributed by atoms with Crippen molar-refractivity contribution >= 4 is 26.6 Å². The van der Waals surface area contributed by atoms with Crippen LogP contribution in [0, 0.1) is 6.92 Å². The summed E-state index contributed by atoms with van der Waals surface area (Å²) in [5.41, 5.74) is 1.01. The molecule has 2 N–H and O–H groups in total. The number of aromatic amines is 1. The number of aromatic nitrogens is 4. The summed E-state index contributed by atoms with van der Waals surface area (Å²) in [7, 11) is -3.78. The summed E-state index contributed by atoms with van der Waals surface area (Å²) in [5, 5.41) is 4.35. The molecular formula is C14H15N5O3S. The smallest absolute Gasteiger partial charge is 0.265 e. The second-order valence-corrected chi connectivity index (χ2v) is 6.63. The number of H-pyrrole nitrogens is 1. The summed E-state index contributed by atoms with van der Waals surface area (Å²) in [6, 6.07) is 4.61. The Balaban J connectivity index is 2.02. The number of fused-ring (bicyclic) bond motifs is 1. The molecule has 0 unspecified atom stereocenters. The van der Waals surface area contributed by atoms with Gasteiger partial charge in [0.25, 0.3) is 15.6 Å². The number of benzene rings is 1. The molecule has 0 amide bonds. The van der Waals surface area contributed by atoms with Crippen LogP contribution in [0.4, 0.5) is 5.69 Å². The summed E-state index contributed by atoms with van der Waals surface area (Å²) in [6.45, 7) is 4.16. The molecular weight excluding hydrogens is 318 g/mol. The van der Waals surface area contributed by atoms with Gasteiger partial charge in [0.15, 0.2) is 0 Å². The zero-order valence-corrected chi connectivity index (χ0v) is 13.4. The lowest BCUT2D eigenvalue weighted by Crippen LogP contribution is -2.15. The van der Waals surface area contributed by atoms with Gasteiger partial charge in [-0.15, -0.1) is 0 Å². The molecule has 2 aromatic heterocycles. The number of hydrogen-bond acceptors (Lipinski definition) is 5. The molecule has 0 spiro atoms. The minimum atomic E-state index is -3.78. The monoisotopic (exact) mass is 333 g/mol. The van der Waals surface area contributed by atoms with Crippen molar-refractivity contribution in [3.05, 3.63) is 46.8 Å². The first-order chi connectivity index (χ1) is 10.9. The van der Waals surface area contributed by atoms with Crippen LogP contribution in [0.3, 0.4) is 0 Å². The zero-order valence-electron chi connectivity index (χ0n) is 12.6. The van der Waals surface area contributed by atoms with Gasteiger partial charge in [-0.2, -0.15) is 5.10 Å². The van der Waals surface area contributed by atoms with Gasteiger partial charge in [-0.1, -0.05) is 0 Å². The molecule has 0 aliphatic rings. The van der Waals surface area contributed by atoms with Gasteiger partial charge in [0, 0.05) is 12.2 Å². The third kappa shape index (κ3) is 2.70. The number of rotatable bonds is 4. The minimum Gasteiger partial charge on any atom is -0.313 e. The number of hydrogen-bond donors (Lipinski definition) is 2. The van der Waals surface area contributed by atoms with E-state index in [4.69, 9.17) is 0 Å². The Morgan fingerprint density at radius 3 is 2.83 bits per heavy atom. The van der Waals surface area contributed by atoms with E-state index in [1.807, 2.05) is 6.92 Å². The van der Waals surface area contributed by atoms with Gasteiger partial charge in [0.1, 0.15) is 4.90 Å². The Kier molecular flexibility index (Phi) is 3.64. The van der Waals surface area contributed by atoms with E-state index in [2.05, 4.69) is 19.8 Å². The second kappa shape index (κ2) is 5.51. The molecule has 9 heteroatoms. The average Bonchev–Trinajstić information content (AvgIpc) is 2.89. The maximum atomic E-state index is 12.5. The summed E-state index contributed by atoms with van der Waals surface area (Å²) < 4.78 is 29.1. The molecule has 0 radical (unpaired) electrons. The van der Waals surface area contributed by atoms with Crippen LogP contribution >= 0.6 is 0 Å². The van der Waals surface area contributed by atoms with Crippen LogP contribution in [-0.2, 0) is 16.6 Å². The number of sulfonamides is 1. The molecule has 1 aromatic carbocycles. The molecule has 0 bridgehead atoms. The van der Waals surface area contributed by atoms with Crippen LogP contribution in [0.15, 0.2) is 40.4 Å². The molecule has 120 valence electrons. The topological polar surface area (TPSA) is 110 Å². The van der Waals surface area contributed by atoms with Crippen LogP contribution in [-0.4, -0.2) is 28.2 Å². The van der Waals surface area contributed by atoms with Gasteiger partial charge >= 0.3 is 0 Å². The van der Waals surface area contributed by atoms with Gasteiger partial charge in [-0.05, 0) is 32.0 Å². The van der Waals surface area contributed by atoms with Crippen molar-refractivity contribution in [2.24, 2.45) is 0 Å². The highest BCUT2D eigenvalue weighted by Crippen LogP contribution is 2.20. The van der Waals surface area contributed by atoms with Crippen molar-refractivity contribution < 1.29 is 8.42 Å². The highest BCUT2D eigenvalue weighted by Gasteiger charge is 2.20. The van der Waals surface area contributed by atoms with Crippen molar-refractivity contribution in [1.82, 2.24) is 19.7 Å². The number of aryl methyl sites for hydroxylation is 1. The van der Waals surface area contributed by atoms with E-state index in [-0.39, 0.29) is 10.5 Å². The number of nitrogens with zero attached hydrogens (tertiary/aromatic N) is 3. The van der Waals surface area contributed by atoms with Crippen LogP contribution in [0.25, 0.3) is 10.9 Å². The minimum absolute atomic E-state index is 0.111. The molecule has 0 fully saturated rings. The Labute approximate surface area is 132 Å². The van der Waals surface area contributed by atoms with Crippen molar-refractivity contribution in [3.63, 3.8) is 0 Å². The lowest BCUT2D eigenvalue weighted by molar-refractivity contribution is 0.598. The molecule has 0 aliphatic carbocycles. The molecule has 0 atom stereocenters. The van der Waals surface area contributed by atoms with Crippen molar-refractivity contribution in [3.8, 4) is 0 Å². The SMILES string of the molecule is CCn1ncc(S(=O)(=O)Nc2ccc3nc[nH]c(=O)c3c2)c1C. The summed E-state index contributed by atoms with van der Waals surface area (Å²) in [6.07, 6.45) is 2.62. The van der Waals surface area contributed by atoms with E-state index in [1.165, 1.54) is 18.6 Å². The first kappa shape index (κ1) is 15.2. The fourth-order valence-corrected chi connectivity index (χ4v) is 3.58. The first-order valence-electron chi connectivity index (χ1n) is 6.95. The molecule has 8 nitrogen and oxygen atoms in total. The van der Waals surface area contributed by atoms with E-state index in [1.54, 1.807) is 23.7 Å². The molecule has 0 aliphatic heterocycles. The van der Waals surface area contributed by atoms with Crippen LogP contribution < -0.4 is 10.3 Å². The number of nitrogens with one attached hydrogen (secondary N) is 2. The molecule has 3 aromatic rings. The largest absolute Gasteiger partial charge is 0.313 e. The lowest BCUT2D eigenvalue weighted by Gasteiger charge is -2.08. The molecule has 0 saturated carbocycles. The van der Waals surface area contributed by atoms with Crippen LogP contribution in [0.1, 0.15) is 12.6 Å². The molecule has 3 rings (SSSR count). The normalized spacial score (nSPS) is 11.7. The summed E-state index contributed by atoms with van der Waals surface area (Å²) in [5.74, 6) is 0. The Morgan fingerprint density at radius 2 is 2.13 bits per heavy atom. The standard InChI is InChI=1S/C14H15N5O3S/c1-3-19-9(2)13(7-17-19)23(21,22)18-10-4-5-12-11(6-10)14(20)16-8-15-12/h4-8,18H,3H2,1-2H3,(H,15,16,20). The van der Waals surface area contributed by atoms with Crippen LogP contribution in [0.2, 0.25) is 0 Å². The average molecular weight is 333 g/mol. The second-order valence-electron chi connectivity index (χ2n) is 4.98. The Hall–Kier alpha value is -2.68. The van der Waals surface area contributed by atoms with Crippen LogP contribution in [0.5, 0.6) is 0 Å². The zero-order chi connectivity index (χ0) is 16.6. The summed E-state index contributed by atoms with van der Waals surface area (Å²) >= 11 is 0. The van der Waals surface area contributed by atoms with Gasteiger partial charge in [-0.3, -0.25) is 14.2 Å².